The number of nitrogens with one attached hydrogen (secondary N) is 2. The van der Waals surface area contributed by atoms with E-state index in [0.717, 1.165) is 43.2 Å². The first-order valence-corrected chi connectivity index (χ1v) is 8.87. The fourth-order valence-corrected chi connectivity index (χ4v) is 3.18. The van der Waals surface area contributed by atoms with Crippen LogP contribution in [0.1, 0.15) is 17.5 Å². The van der Waals surface area contributed by atoms with Crippen LogP contribution in [0.25, 0.3) is 6.08 Å². The number of aromatic nitrogens is 1. The van der Waals surface area contributed by atoms with Gasteiger partial charge in [-0.3, -0.25) is 14.9 Å². The van der Waals surface area contributed by atoms with E-state index in [-0.39, 0.29) is 0 Å². The third-order valence-electron chi connectivity index (χ3n) is 4.53. The van der Waals surface area contributed by atoms with Gasteiger partial charge in [0.15, 0.2) is 0 Å². The Bertz CT molecular complexity index is 792. The number of pyridine rings is 1. The molecule has 27 heavy (non-hydrogen) atoms. The van der Waals surface area contributed by atoms with Gasteiger partial charge in [0.05, 0.1) is 7.11 Å². The normalized spacial score (nSPS) is 17.2. The van der Waals surface area contributed by atoms with E-state index in [1.807, 2.05) is 30.3 Å². The minimum Gasteiger partial charge on any atom is -0.496 e. The van der Waals surface area contributed by atoms with Crippen molar-refractivity contribution in [1.29, 1.82) is 0 Å². The second-order valence-corrected chi connectivity index (χ2v) is 6.46. The topological polar surface area (TPSA) is 86.7 Å². The number of methoxy groups -OCH3 is 1. The van der Waals surface area contributed by atoms with Crippen molar-refractivity contribution in [3.05, 3.63) is 59.8 Å². The van der Waals surface area contributed by atoms with Gasteiger partial charge in [0, 0.05) is 43.5 Å². The maximum absolute atomic E-state index is 11.0. The van der Waals surface area contributed by atoms with E-state index in [1.54, 1.807) is 24.9 Å². The summed E-state index contributed by atoms with van der Waals surface area (Å²) < 4.78 is 5.43. The Morgan fingerprint density at radius 3 is 2.96 bits per heavy atom. The number of amides is 1. The number of ether oxygens (including phenoxy) is 1. The number of carbonyl (C=O) groups excluding carboxylic acids is 1. The van der Waals surface area contributed by atoms with Crippen molar-refractivity contribution in [3.63, 3.8) is 0 Å². The molecule has 0 bridgehead atoms. The van der Waals surface area contributed by atoms with E-state index in [9.17, 15) is 4.79 Å². The van der Waals surface area contributed by atoms with E-state index in [4.69, 9.17) is 9.94 Å². The molecule has 3 N–H and O–H groups in total. The predicted molar refractivity (Wildman–Crippen MR) is 103 cm³/mol. The molecule has 1 aromatic heterocycles. The summed E-state index contributed by atoms with van der Waals surface area (Å²) in [6, 6.07) is 12.2. The van der Waals surface area contributed by atoms with Crippen molar-refractivity contribution in [2.45, 2.75) is 19.0 Å². The molecule has 0 saturated carbocycles. The van der Waals surface area contributed by atoms with Gasteiger partial charge in [-0.25, -0.2) is 10.5 Å². The Labute approximate surface area is 158 Å². The highest BCUT2D eigenvalue weighted by Crippen LogP contribution is 2.22. The van der Waals surface area contributed by atoms with E-state index in [1.165, 1.54) is 11.6 Å². The molecule has 2 aromatic rings. The van der Waals surface area contributed by atoms with Crippen LogP contribution in [0.5, 0.6) is 5.75 Å². The van der Waals surface area contributed by atoms with Gasteiger partial charge in [-0.15, -0.1) is 0 Å². The lowest BCUT2D eigenvalue weighted by Gasteiger charge is -2.18. The summed E-state index contributed by atoms with van der Waals surface area (Å²) in [5.41, 5.74) is 3.53. The molecular formula is C20H24N4O3. The molecule has 1 aromatic carbocycles. The molecule has 2 heterocycles. The van der Waals surface area contributed by atoms with Crippen molar-refractivity contribution < 1.29 is 14.7 Å². The molecule has 0 unspecified atom stereocenters. The molecule has 0 radical (unpaired) electrons. The number of nitrogens with zero attached hydrogens (tertiary/aromatic N) is 2. The second-order valence-electron chi connectivity index (χ2n) is 6.46. The molecule has 0 spiro atoms. The van der Waals surface area contributed by atoms with Crippen LogP contribution >= 0.6 is 0 Å². The highest BCUT2D eigenvalue weighted by Gasteiger charge is 2.23. The molecule has 1 saturated heterocycles. The third-order valence-corrected chi connectivity index (χ3v) is 4.53. The number of likely N-dealkylation sites (tertiary alicyclic amines) is 1. The molecule has 0 aliphatic carbocycles. The Kier molecular flexibility index (Phi) is 6.40. The maximum Gasteiger partial charge on any atom is 0.267 e. The average Bonchev–Trinajstić information content (AvgIpc) is 3.14. The maximum atomic E-state index is 11.0. The summed E-state index contributed by atoms with van der Waals surface area (Å²) in [6.45, 7) is 2.83. The summed E-state index contributed by atoms with van der Waals surface area (Å²) in [5.74, 6) is 1.16. The smallest absolute Gasteiger partial charge is 0.267 e. The lowest BCUT2D eigenvalue weighted by molar-refractivity contribution is -0.124. The lowest BCUT2D eigenvalue weighted by atomic mass is 10.2. The second kappa shape index (κ2) is 9.16. The number of para-hydroxylation sites is 1. The van der Waals surface area contributed by atoms with E-state index in [0.29, 0.717) is 6.04 Å². The largest absolute Gasteiger partial charge is 0.496 e. The van der Waals surface area contributed by atoms with E-state index in [2.05, 4.69) is 21.3 Å². The van der Waals surface area contributed by atoms with Crippen LogP contribution in [0.4, 0.5) is 5.82 Å². The zero-order chi connectivity index (χ0) is 19.1. The fourth-order valence-electron chi connectivity index (χ4n) is 3.18. The van der Waals surface area contributed by atoms with Gasteiger partial charge in [-0.1, -0.05) is 18.2 Å². The average molecular weight is 368 g/mol. The van der Waals surface area contributed by atoms with Crippen molar-refractivity contribution in [1.82, 2.24) is 15.4 Å². The number of carbonyl (C=O) groups is 1. The first-order chi connectivity index (χ1) is 13.2. The van der Waals surface area contributed by atoms with E-state index < -0.39 is 5.91 Å². The minimum atomic E-state index is -0.571. The zero-order valence-corrected chi connectivity index (χ0v) is 15.3. The van der Waals surface area contributed by atoms with Gasteiger partial charge in [-0.05, 0) is 36.3 Å². The van der Waals surface area contributed by atoms with Crippen molar-refractivity contribution >= 4 is 17.8 Å². The molecule has 1 atom stereocenters. The van der Waals surface area contributed by atoms with Crippen molar-refractivity contribution in [3.8, 4) is 5.75 Å². The van der Waals surface area contributed by atoms with Crippen LogP contribution in [0.2, 0.25) is 0 Å². The number of hydroxylamine groups is 1. The first kappa shape index (κ1) is 18.9. The number of hydrogen-bond donors (Lipinski definition) is 3. The summed E-state index contributed by atoms with van der Waals surface area (Å²) in [6.07, 6.45) is 5.57. The Morgan fingerprint density at radius 1 is 1.37 bits per heavy atom. The summed E-state index contributed by atoms with van der Waals surface area (Å²) >= 11 is 0. The Balaban J connectivity index is 1.52. The molecule has 142 valence electrons. The van der Waals surface area contributed by atoms with E-state index >= 15 is 0 Å². The standard InChI is InChI=1S/C20H24N4O3/c1-27-18-5-3-2-4-16(18)13-24-11-10-17(14-24)22-19-8-6-15(12-21-19)7-9-20(25)23-26/h2-9,12,17,26H,10-11,13-14H2,1H3,(H,21,22)(H,23,25)/b9-7+/t17-/m1/s1. The summed E-state index contributed by atoms with van der Waals surface area (Å²) in [4.78, 5) is 17.8. The van der Waals surface area contributed by atoms with Gasteiger partial charge >= 0.3 is 0 Å². The number of anilines is 1. The minimum absolute atomic E-state index is 0.341. The highest BCUT2D eigenvalue weighted by atomic mass is 16.5. The predicted octanol–water partition coefficient (Wildman–Crippen LogP) is 2.30. The van der Waals surface area contributed by atoms with Crippen LogP contribution in [0.15, 0.2) is 48.7 Å². The highest BCUT2D eigenvalue weighted by molar-refractivity contribution is 5.90. The molecule has 3 rings (SSSR count). The third kappa shape index (κ3) is 5.29. The van der Waals surface area contributed by atoms with Gasteiger partial charge in [0.1, 0.15) is 11.6 Å². The Hall–Kier alpha value is -2.90. The van der Waals surface area contributed by atoms with Crippen LogP contribution in [-0.4, -0.2) is 47.2 Å². The monoisotopic (exact) mass is 368 g/mol. The quantitative estimate of drug-likeness (QED) is 0.395. The molecule has 1 amide bonds. The van der Waals surface area contributed by atoms with Crippen LogP contribution in [0, 0.1) is 0 Å². The van der Waals surface area contributed by atoms with Gasteiger partial charge in [0.2, 0.25) is 0 Å². The van der Waals surface area contributed by atoms with Crippen LogP contribution in [0.3, 0.4) is 0 Å². The molecular weight excluding hydrogens is 344 g/mol. The van der Waals surface area contributed by atoms with Gasteiger partial charge < -0.3 is 10.1 Å². The van der Waals surface area contributed by atoms with Crippen molar-refractivity contribution in [2.75, 3.05) is 25.5 Å². The van der Waals surface area contributed by atoms with Crippen molar-refractivity contribution in [2.24, 2.45) is 0 Å². The van der Waals surface area contributed by atoms with Crippen LogP contribution in [-0.2, 0) is 11.3 Å². The summed E-state index contributed by atoms with van der Waals surface area (Å²) in [5, 5.41) is 11.9. The number of benzene rings is 1. The summed E-state index contributed by atoms with van der Waals surface area (Å²) in [7, 11) is 1.70. The number of hydrogen-bond acceptors (Lipinski definition) is 6. The Morgan fingerprint density at radius 2 is 2.22 bits per heavy atom. The van der Waals surface area contributed by atoms with Gasteiger partial charge in [-0.2, -0.15) is 0 Å². The van der Waals surface area contributed by atoms with Gasteiger partial charge in [0.25, 0.3) is 5.91 Å². The molecule has 1 aliphatic heterocycles. The molecule has 1 aliphatic rings. The molecule has 7 nitrogen and oxygen atoms in total. The lowest BCUT2D eigenvalue weighted by Crippen LogP contribution is -2.26. The van der Waals surface area contributed by atoms with Crippen LogP contribution < -0.4 is 15.5 Å². The SMILES string of the molecule is COc1ccccc1CN1CC[C@@H](Nc2ccc(/C=C/C(=O)NO)cn2)C1. The number of rotatable bonds is 7. The fraction of sp³-hybridized carbons (Fsp3) is 0.300. The molecule has 1 fully saturated rings. The zero-order valence-electron chi connectivity index (χ0n) is 15.3. The first-order valence-electron chi connectivity index (χ1n) is 8.87. The molecule has 7 heteroatoms.